The largest absolute Gasteiger partial charge is 0.324 e. The van der Waals surface area contributed by atoms with Gasteiger partial charge in [0, 0.05) is 36.9 Å². The van der Waals surface area contributed by atoms with Crippen LogP contribution in [0.25, 0.3) is 0 Å². The van der Waals surface area contributed by atoms with Gasteiger partial charge in [-0.15, -0.1) is 0 Å². The second-order valence-electron chi connectivity index (χ2n) is 4.70. The van der Waals surface area contributed by atoms with E-state index in [1.807, 2.05) is 43.3 Å². The van der Waals surface area contributed by atoms with Gasteiger partial charge in [-0.05, 0) is 32.3 Å². The molecule has 2 amide bonds. The molecular weight excluding hydrogens is 250 g/mol. The number of hydrogen-bond donors (Lipinski definition) is 0. The molecule has 0 aromatic heterocycles. The fraction of sp³-hybridized carbons (Fsp3) is 0.462. The van der Waals surface area contributed by atoms with Gasteiger partial charge in [-0.25, -0.2) is 4.79 Å². The maximum Gasteiger partial charge on any atom is 0.324 e. The van der Waals surface area contributed by atoms with Crippen molar-refractivity contribution in [2.24, 2.45) is 0 Å². The Balaban J connectivity index is 2.03. The summed E-state index contributed by atoms with van der Waals surface area (Å²) in [4.78, 5) is 18.0. The van der Waals surface area contributed by atoms with Crippen LogP contribution in [0.1, 0.15) is 0 Å². The van der Waals surface area contributed by atoms with E-state index in [-0.39, 0.29) is 6.03 Å². The van der Waals surface area contributed by atoms with Crippen LogP contribution in [0.5, 0.6) is 0 Å². The summed E-state index contributed by atoms with van der Waals surface area (Å²) < 4.78 is 0. The first-order chi connectivity index (χ1) is 8.58. The van der Waals surface area contributed by atoms with Crippen LogP contribution < -0.4 is 4.90 Å². The van der Waals surface area contributed by atoms with Crippen LogP contribution in [0.4, 0.5) is 10.5 Å². The zero-order chi connectivity index (χ0) is 13.1. The first-order valence-electron chi connectivity index (χ1n) is 6.04. The third-order valence-electron chi connectivity index (χ3n) is 3.03. The number of urea groups is 1. The van der Waals surface area contributed by atoms with E-state index >= 15 is 0 Å². The molecule has 2 rings (SSSR count). The van der Waals surface area contributed by atoms with Gasteiger partial charge < -0.3 is 9.80 Å². The number of likely N-dealkylation sites (N-methyl/N-ethyl adjacent to an activating group) is 1. The fourth-order valence-electron chi connectivity index (χ4n) is 1.99. The van der Waals surface area contributed by atoms with Gasteiger partial charge in [0.2, 0.25) is 0 Å². The molecule has 98 valence electrons. The van der Waals surface area contributed by atoms with Gasteiger partial charge in [0.15, 0.2) is 0 Å². The van der Waals surface area contributed by atoms with Crippen LogP contribution in [-0.2, 0) is 0 Å². The van der Waals surface area contributed by atoms with Crippen molar-refractivity contribution in [2.75, 3.05) is 45.2 Å². The average Bonchev–Trinajstić information content (AvgIpc) is 2.68. The number of nitrogens with zero attached hydrogens (tertiary/aromatic N) is 3. The van der Waals surface area contributed by atoms with Crippen LogP contribution in [0.2, 0.25) is 5.02 Å². The quantitative estimate of drug-likeness (QED) is 0.836. The standard InChI is InChI=1S/C13H18ClN3O/c1-15(2)6-7-16-8-9-17(13(16)18)12-5-3-4-11(14)10-12/h3-5,10H,6-9H2,1-2H3. The second kappa shape index (κ2) is 5.59. The third kappa shape index (κ3) is 2.94. The van der Waals surface area contributed by atoms with E-state index < -0.39 is 0 Å². The summed E-state index contributed by atoms with van der Waals surface area (Å²) in [6.07, 6.45) is 0. The van der Waals surface area contributed by atoms with E-state index in [1.54, 1.807) is 4.90 Å². The van der Waals surface area contributed by atoms with E-state index in [2.05, 4.69) is 4.90 Å². The Kier molecular flexibility index (Phi) is 4.09. The van der Waals surface area contributed by atoms with E-state index in [0.717, 1.165) is 31.9 Å². The summed E-state index contributed by atoms with van der Waals surface area (Å²) in [7, 11) is 4.02. The maximum atomic E-state index is 12.2. The molecule has 0 aliphatic carbocycles. The highest BCUT2D eigenvalue weighted by atomic mass is 35.5. The van der Waals surface area contributed by atoms with Crippen molar-refractivity contribution in [1.82, 2.24) is 9.80 Å². The lowest BCUT2D eigenvalue weighted by atomic mass is 10.3. The van der Waals surface area contributed by atoms with Gasteiger partial charge in [-0.1, -0.05) is 17.7 Å². The van der Waals surface area contributed by atoms with Crippen molar-refractivity contribution in [3.05, 3.63) is 29.3 Å². The van der Waals surface area contributed by atoms with Crippen LogP contribution >= 0.6 is 11.6 Å². The molecular formula is C13H18ClN3O. The van der Waals surface area contributed by atoms with Crippen molar-refractivity contribution in [3.63, 3.8) is 0 Å². The number of halogens is 1. The highest BCUT2D eigenvalue weighted by molar-refractivity contribution is 6.30. The minimum Gasteiger partial charge on any atom is -0.321 e. The Bertz CT molecular complexity index is 436. The second-order valence-corrected chi connectivity index (χ2v) is 5.14. The fourth-order valence-corrected chi connectivity index (χ4v) is 2.18. The first kappa shape index (κ1) is 13.2. The smallest absolute Gasteiger partial charge is 0.321 e. The minimum absolute atomic E-state index is 0.0686. The summed E-state index contributed by atoms with van der Waals surface area (Å²) in [5, 5.41) is 0.659. The molecule has 0 saturated carbocycles. The highest BCUT2D eigenvalue weighted by Gasteiger charge is 2.29. The SMILES string of the molecule is CN(C)CCN1CCN(c2cccc(Cl)c2)C1=O. The molecule has 1 saturated heterocycles. The maximum absolute atomic E-state index is 12.2. The predicted molar refractivity (Wildman–Crippen MR) is 74.3 cm³/mol. The van der Waals surface area contributed by atoms with Crippen molar-refractivity contribution in [3.8, 4) is 0 Å². The first-order valence-corrected chi connectivity index (χ1v) is 6.42. The van der Waals surface area contributed by atoms with Gasteiger partial charge in [-0.3, -0.25) is 4.90 Å². The Morgan fingerprint density at radius 1 is 1.33 bits per heavy atom. The summed E-state index contributed by atoms with van der Waals surface area (Å²) >= 11 is 5.95. The molecule has 1 heterocycles. The third-order valence-corrected chi connectivity index (χ3v) is 3.27. The Morgan fingerprint density at radius 2 is 2.11 bits per heavy atom. The summed E-state index contributed by atoms with van der Waals surface area (Å²) in [5.41, 5.74) is 0.875. The van der Waals surface area contributed by atoms with Crippen molar-refractivity contribution < 1.29 is 4.79 Å². The molecule has 18 heavy (non-hydrogen) atoms. The van der Waals surface area contributed by atoms with Gasteiger partial charge in [-0.2, -0.15) is 0 Å². The number of carbonyl (C=O) groups excluding carboxylic acids is 1. The van der Waals surface area contributed by atoms with Crippen LogP contribution in [0, 0.1) is 0 Å². The van der Waals surface area contributed by atoms with E-state index in [1.165, 1.54) is 0 Å². The molecule has 0 atom stereocenters. The van der Waals surface area contributed by atoms with Gasteiger partial charge in [0.25, 0.3) is 0 Å². The number of benzene rings is 1. The van der Waals surface area contributed by atoms with Crippen LogP contribution in [0.15, 0.2) is 24.3 Å². The molecule has 0 bridgehead atoms. The molecule has 1 aromatic carbocycles. The Labute approximate surface area is 113 Å². The number of amides is 2. The van der Waals surface area contributed by atoms with E-state index in [0.29, 0.717) is 5.02 Å². The van der Waals surface area contributed by atoms with Gasteiger partial charge in [0.1, 0.15) is 0 Å². The molecule has 1 aliphatic rings. The lowest BCUT2D eigenvalue weighted by Gasteiger charge is -2.20. The Morgan fingerprint density at radius 3 is 2.78 bits per heavy atom. The van der Waals surface area contributed by atoms with Crippen LogP contribution in [-0.4, -0.2) is 56.1 Å². The normalized spacial score (nSPS) is 15.9. The van der Waals surface area contributed by atoms with E-state index in [4.69, 9.17) is 11.6 Å². The monoisotopic (exact) mass is 267 g/mol. The van der Waals surface area contributed by atoms with Gasteiger partial charge >= 0.3 is 6.03 Å². The molecule has 0 spiro atoms. The minimum atomic E-state index is 0.0686. The highest BCUT2D eigenvalue weighted by Crippen LogP contribution is 2.23. The summed E-state index contributed by atoms with van der Waals surface area (Å²) in [5.74, 6) is 0. The summed E-state index contributed by atoms with van der Waals surface area (Å²) in [6, 6.07) is 7.50. The molecule has 0 unspecified atom stereocenters. The molecule has 5 heteroatoms. The number of anilines is 1. The zero-order valence-corrected chi connectivity index (χ0v) is 11.5. The number of hydrogen-bond acceptors (Lipinski definition) is 2. The van der Waals surface area contributed by atoms with Crippen molar-refractivity contribution >= 4 is 23.3 Å². The van der Waals surface area contributed by atoms with Crippen molar-refractivity contribution in [2.45, 2.75) is 0 Å². The van der Waals surface area contributed by atoms with Crippen molar-refractivity contribution in [1.29, 1.82) is 0 Å². The lowest BCUT2D eigenvalue weighted by Crippen LogP contribution is -2.36. The topological polar surface area (TPSA) is 26.8 Å². The molecule has 1 aliphatic heterocycles. The lowest BCUT2D eigenvalue weighted by molar-refractivity contribution is 0.215. The molecule has 4 nitrogen and oxygen atoms in total. The number of rotatable bonds is 4. The Hall–Kier alpha value is -1.26. The molecule has 1 aromatic rings. The number of carbonyl (C=O) groups is 1. The van der Waals surface area contributed by atoms with Crippen LogP contribution in [0.3, 0.4) is 0 Å². The summed E-state index contributed by atoms with van der Waals surface area (Å²) in [6.45, 7) is 3.16. The molecule has 0 radical (unpaired) electrons. The molecule has 0 N–H and O–H groups in total. The molecule has 1 fully saturated rings. The predicted octanol–water partition coefficient (Wildman–Crippen LogP) is 2.14. The van der Waals surface area contributed by atoms with Gasteiger partial charge in [0.05, 0.1) is 0 Å². The average molecular weight is 268 g/mol. The van der Waals surface area contributed by atoms with E-state index in [9.17, 15) is 4.79 Å². The zero-order valence-electron chi connectivity index (χ0n) is 10.8.